The number of ether oxygens (including phenoxy) is 2. The van der Waals surface area contributed by atoms with E-state index in [1.165, 1.54) is 0 Å². The van der Waals surface area contributed by atoms with Gasteiger partial charge in [-0.2, -0.15) is 0 Å². The SMILES string of the molecule is COc1cccc(CNN)c1OC. The van der Waals surface area contributed by atoms with Gasteiger partial charge in [-0.25, -0.2) is 0 Å². The molecule has 1 aromatic carbocycles. The summed E-state index contributed by atoms with van der Waals surface area (Å²) >= 11 is 0. The molecule has 1 rings (SSSR count). The molecular formula is C9H14N2O2. The van der Waals surface area contributed by atoms with E-state index in [0.29, 0.717) is 6.54 Å². The first-order chi connectivity index (χ1) is 6.33. The van der Waals surface area contributed by atoms with E-state index >= 15 is 0 Å². The standard InChI is InChI=1S/C9H14N2O2/c1-12-8-5-3-4-7(6-11-10)9(8)13-2/h3-5,11H,6,10H2,1-2H3. The minimum atomic E-state index is 0.556. The number of hydrazine groups is 1. The first-order valence-electron chi connectivity index (χ1n) is 3.96. The summed E-state index contributed by atoms with van der Waals surface area (Å²) in [4.78, 5) is 0. The molecule has 0 saturated carbocycles. The Morgan fingerprint density at radius 1 is 1.31 bits per heavy atom. The Hall–Kier alpha value is -1.26. The first kappa shape index (κ1) is 9.83. The van der Waals surface area contributed by atoms with Gasteiger partial charge in [-0.1, -0.05) is 12.1 Å². The lowest BCUT2D eigenvalue weighted by atomic mass is 10.2. The quantitative estimate of drug-likeness (QED) is 0.530. The van der Waals surface area contributed by atoms with Crippen LogP contribution in [0.25, 0.3) is 0 Å². The topological polar surface area (TPSA) is 56.5 Å². The molecule has 1 aromatic rings. The van der Waals surface area contributed by atoms with Crippen LogP contribution in [-0.4, -0.2) is 14.2 Å². The van der Waals surface area contributed by atoms with E-state index in [4.69, 9.17) is 15.3 Å². The minimum absolute atomic E-state index is 0.556. The Kier molecular flexibility index (Phi) is 3.54. The second-order valence-electron chi connectivity index (χ2n) is 2.53. The first-order valence-corrected chi connectivity index (χ1v) is 3.96. The van der Waals surface area contributed by atoms with Crippen LogP contribution >= 0.6 is 0 Å². The summed E-state index contributed by atoms with van der Waals surface area (Å²) < 4.78 is 10.3. The van der Waals surface area contributed by atoms with Crippen LogP contribution in [0.3, 0.4) is 0 Å². The van der Waals surface area contributed by atoms with Crippen molar-refractivity contribution in [2.24, 2.45) is 5.84 Å². The second kappa shape index (κ2) is 4.69. The molecule has 0 aromatic heterocycles. The third kappa shape index (κ3) is 2.11. The van der Waals surface area contributed by atoms with Crippen LogP contribution in [0.1, 0.15) is 5.56 Å². The van der Waals surface area contributed by atoms with Gasteiger partial charge in [0, 0.05) is 12.1 Å². The molecule has 0 radical (unpaired) electrons. The number of hydrogen-bond acceptors (Lipinski definition) is 4. The van der Waals surface area contributed by atoms with Crippen molar-refractivity contribution in [2.75, 3.05) is 14.2 Å². The average molecular weight is 182 g/mol. The van der Waals surface area contributed by atoms with Gasteiger partial charge in [0.15, 0.2) is 11.5 Å². The summed E-state index contributed by atoms with van der Waals surface area (Å²) in [6.07, 6.45) is 0. The largest absolute Gasteiger partial charge is 0.493 e. The molecule has 0 aliphatic rings. The van der Waals surface area contributed by atoms with Gasteiger partial charge in [0.2, 0.25) is 0 Å². The molecule has 0 aliphatic heterocycles. The van der Waals surface area contributed by atoms with Crippen molar-refractivity contribution in [1.82, 2.24) is 5.43 Å². The van der Waals surface area contributed by atoms with E-state index in [9.17, 15) is 0 Å². The van der Waals surface area contributed by atoms with Gasteiger partial charge in [0.25, 0.3) is 0 Å². The fourth-order valence-electron chi connectivity index (χ4n) is 1.20. The average Bonchev–Trinajstić information content (AvgIpc) is 2.18. The highest BCUT2D eigenvalue weighted by atomic mass is 16.5. The molecule has 0 unspecified atom stereocenters. The molecule has 0 atom stereocenters. The Labute approximate surface area is 77.6 Å². The number of hydrogen-bond donors (Lipinski definition) is 2. The van der Waals surface area contributed by atoms with Crippen molar-refractivity contribution in [3.63, 3.8) is 0 Å². The van der Waals surface area contributed by atoms with Gasteiger partial charge in [-0.3, -0.25) is 11.3 Å². The lowest BCUT2D eigenvalue weighted by Crippen LogP contribution is -2.21. The van der Waals surface area contributed by atoms with Gasteiger partial charge in [0.1, 0.15) is 0 Å². The summed E-state index contributed by atoms with van der Waals surface area (Å²) in [7, 11) is 3.22. The predicted octanol–water partition coefficient (Wildman–Crippen LogP) is 0.667. The summed E-state index contributed by atoms with van der Waals surface area (Å²) in [6.45, 7) is 0.556. The van der Waals surface area contributed by atoms with Crippen molar-refractivity contribution in [3.05, 3.63) is 23.8 Å². The van der Waals surface area contributed by atoms with E-state index in [1.807, 2.05) is 18.2 Å². The van der Waals surface area contributed by atoms with Crippen molar-refractivity contribution >= 4 is 0 Å². The Balaban J connectivity index is 3.03. The number of methoxy groups -OCH3 is 2. The van der Waals surface area contributed by atoms with Crippen molar-refractivity contribution < 1.29 is 9.47 Å². The van der Waals surface area contributed by atoms with Crippen LogP contribution in [0, 0.1) is 0 Å². The molecule has 0 fully saturated rings. The number of benzene rings is 1. The zero-order valence-electron chi connectivity index (χ0n) is 7.83. The summed E-state index contributed by atoms with van der Waals surface area (Å²) in [5.74, 6) is 6.67. The van der Waals surface area contributed by atoms with Gasteiger partial charge < -0.3 is 9.47 Å². The van der Waals surface area contributed by atoms with E-state index < -0.39 is 0 Å². The Bertz CT molecular complexity index is 276. The lowest BCUT2D eigenvalue weighted by molar-refractivity contribution is 0.351. The highest BCUT2D eigenvalue weighted by molar-refractivity contribution is 5.46. The van der Waals surface area contributed by atoms with Crippen LogP contribution in [-0.2, 0) is 6.54 Å². The molecular weight excluding hydrogens is 168 g/mol. The fourth-order valence-corrected chi connectivity index (χ4v) is 1.20. The number of nitrogens with two attached hydrogens (primary N) is 1. The second-order valence-corrected chi connectivity index (χ2v) is 2.53. The number of nitrogens with one attached hydrogen (secondary N) is 1. The molecule has 13 heavy (non-hydrogen) atoms. The van der Waals surface area contributed by atoms with Crippen molar-refractivity contribution in [1.29, 1.82) is 0 Å². The molecule has 4 heteroatoms. The molecule has 0 amide bonds. The molecule has 72 valence electrons. The number of rotatable bonds is 4. The monoisotopic (exact) mass is 182 g/mol. The molecule has 0 heterocycles. The van der Waals surface area contributed by atoms with Crippen molar-refractivity contribution in [3.8, 4) is 11.5 Å². The molecule has 0 spiro atoms. The van der Waals surface area contributed by atoms with E-state index in [0.717, 1.165) is 17.1 Å². The van der Waals surface area contributed by atoms with Crippen LogP contribution in [0.2, 0.25) is 0 Å². The third-order valence-corrected chi connectivity index (χ3v) is 1.78. The highest BCUT2D eigenvalue weighted by Crippen LogP contribution is 2.30. The Morgan fingerprint density at radius 3 is 2.62 bits per heavy atom. The van der Waals surface area contributed by atoms with Crippen molar-refractivity contribution in [2.45, 2.75) is 6.54 Å². The van der Waals surface area contributed by atoms with Gasteiger partial charge in [-0.15, -0.1) is 0 Å². The molecule has 0 bridgehead atoms. The molecule has 3 N–H and O–H groups in total. The maximum Gasteiger partial charge on any atom is 0.165 e. The van der Waals surface area contributed by atoms with E-state index in [2.05, 4.69) is 5.43 Å². The fraction of sp³-hybridized carbons (Fsp3) is 0.333. The van der Waals surface area contributed by atoms with Gasteiger partial charge >= 0.3 is 0 Å². The van der Waals surface area contributed by atoms with Crippen LogP contribution in [0.5, 0.6) is 11.5 Å². The van der Waals surface area contributed by atoms with Gasteiger partial charge in [-0.05, 0) is 6.07 Å². The molecule has 4 nitrogen and oxygen atoms in total. The van der Waals surface area contributed by atoms with Crippen LogP contribution in [0.4, 0.5) is 0 Å². The zero-order valence-corrected chi connectivity index (χ0v) is 7.83. The van der Waals surface area contributed by atoms with E-state index in [1.54, 1.807) is 14.2 Å². The Morgan fingerprint density at radius 2 is 2.08 bits per heavy atom. The summed E-state index contributed by atoms with van der Waals surface area (Å²) in [5.41, 5.74) is 3.55. The van der Waals surface area contributed by atoms with E-state index in [-0.39, 0.29) is 0 Å². The van der Waals surface area contributed by atoms with Crippen LogP contribution < -0.4 is 20.7 Å². The zero-order chi connectivity index (χ0) is 9.68. The molecule has 0 aliphatic carbocycles. The molecule has 0 saturated heterocycles. The normalized spacial score (nSPS) is 9.77. The third-order valence-electron chi connectivity index (χ3n) is 1.78. The minimum Gasteiger partial charge on any atom is -0.493 e. The predicted molar refractivity (Wildman–Crippen MR) is 50.6 cm³/mol. The highest BCUT2D eigenvalue weighted by Gasteiger charge is 2.07. The maximum atomic E-state index is 5.23. The van der Waals surface area contributed by atoms with Gasteiger partial charge in [0.05, 0.1) is 14.2 Å². The summed E-state index contributed by atoms with van der Waals surface area (Å²) in [5, 5.41) is 0. The smallest absolute Gasteiger partial charge is 0.165 e. The maximum absolute atomic E-state index is 5.23. The summed E-state index contributed by atoms with van der Waals surface area (Å²) in [6, 6.07) is 5.67. The lowest BCUT2D eigenvalue weighted by Gasteiger charge is -2.11. The number of para-hydroxylation sites is 1. The van der Waals surface area contributed by atoms with Crippen LogP contribution in [0.15, 0.2) is 18.2 Å².